The molecule has 1 aliphatic rings. The number of urea groups is 1. The number of amides is 2. The van der Waals surface area contributed by atoms with Crippen LogP contribution in [0.15, 0.2) is 36.4 Å². The molecule has 0 aliphatic carbocycles. The Balaban J connectivity index is 1.37. The van der Waals surface area contributed by atoms with Crippen LogP contribution in [0.2, 0.25) is 10.0 Å². The summed E-state index contributed by atoms with van der Waals surface area (Å²) in [5.74, 6) is 0.713. The van der Waals surface area contributed by atoms with Gasteiger partial charge in [-0.1, -0.05) is 35.3 Å². The Hall–Kier alpha value is -2.31. The molecule has 1 aliphatic heterocycles. The third-order valence-corrected chi connectivity index (χ3v) is 6.04. The summed E-state index contributed by atoms with van der Waals surface area (Å²) in [6.45, 7) is 3.03. The van der Waals surface area contributed by atoms with E-state index in [0.29, 0.717) is 29.6 Å². The number of carbonyl (C=O) groups is 1. The van der Waals surface area contributed by atoms with E-state index in [-0.39, 0.29) is 11.1 Å². The van der Waals surface area contributed by atoms with E-state index in [4.69, 9.17) is 23.2 Å². The van der Waals surface area contributed by atoms with E-state index >= 15 is 0 Å². The van der Waals surface area contributed by atoms with Crippen molar-refractivity contribution in [2.45, 2.75) is 31.7 Å². The topological polar surface area (TPSA) is 61.0 Å². The molecule has 1 unspecified atom stereocenters. The summed E-state index contributed by atoms with van der Waals surface area (Å²) in [5.41, 5.74) is 2.49. The SMILES string of the molecule is CC(NC(=O)N1CCC(c2nc3ccccc3[nH]2)CC1)c1cc(F)c(Cl)cc1Cl. The van der Waals surface area contributed by atoms with Gasteiger partial charge in [0.2, 0.25) is 0 Å². The van der Waals surface area contributed by atoms with Crippen LogP contribution >= 0.6 is 23.2 Å². The van der Waals surface area contributed by atoms with Crippen molar-refractivity contribution < 1.29 is 9.18 Å². The number of piperidine rings is 1. The molecular formula is C21H21Cl2FN4O. The van der Waals surface area contributed by atoms with Crippen LogP contribution in [-0.4, -0.2) is 34.0 Å². The molecular weight excluding hydrogens is 414 g/mol. The van der Waals surface area contributed by atoms with Crippen molar-refractivity contribution in [1.29, 1.82) is 0 Å². The summed E-state index contributed by atoms with van der Waals surface area (Å²) in [4.78, 5) is 22.5. The third-order valence-electron chi connectivity index (χ3n) is 5.42. The van der Waals surface area contributed by atoms with Crippen molar-refractivity contribution in [1.82, 2.24) is 20.2 Å². The Labute approximate surface area is 178 Å². The molecule has 1 atom stereocenters. The molecule has 0 saturated carbocycles. The van der Waals surface area contributed by atoms with E-state index in [0.717, 1.165) is 29.7 Å². The third kappa shape index (κ3) is 4.19. The summed E-state index contributed by atoms with van der Waals surface area (Å²) >= 11 is 11.9. The molecule has 0 bridgehead atoms. The Kier molecular flexibility index (Phi) is 5.65. The Morgan fingerprint density at radius 1 is 1.24 bits per heavy atom. The molecule has 1 saturated heterocycles. The van der Waals surface area contributed by atoms with Gasteiger partial charge in [-0.3, -0.25) is 0 Å². The van der Waals surface area contributed by atoms with Crippen molar-refractivity contribution in [3.63, 3.8) is 0 Å². The minimum absolute atomic E-state index is 0.0371. The zero-order chi connectivity index (χ0) is 20.5. The second-order valence-corrected chi connectivity index (χ2v) is 8.17. The minimum atomic E-state index is -0.557. The zero-order valence-corrected chi connectivity index (χ0v) is 17.4. The van der Waals surface area contributed by atoms with Gasteiger partial charge in [-0.05, 0) is 49.6 Å². The van der Waals surface area contributed by atoms with Crippen LogP contribution in [0.3, 0.4) is 0 Å². The molecule has 2 N–H and O–H groups in total. The summed E-state index contributed by atoms with van der Waals surface area (Å²) in [6.07, 6.45) is 1.66. The lowest BCUT2D eigenvalue weighted by molar-refractivity contribution is 0.177. The highest BCUT2D eigenvalue weighted by molar-refractivity contribution is 6.35. The van der Waals surface area contributed by atoms with Crippen molar-refractivity contribution in [3.8, 4) is 0 Å². The first-order valence-electron chi connectivity index (χ1n) is 9.57. The van der Waals surface area contributed by atoms with Gasteiger partial charge in [0.1, 0.15) is 11.6 Å². The van der Waals surface area contributed by atoms with Crippen LogP contribution in [0.4, 0.5) is 9.18 Å². The van der Waals surface area contributed by atoms with E-state index in [2.05, 4.69) is 15.3 Å². The van der Waals surface area contributed by atoms with Crippen LogP contribution in [0.25, 0.3) is 11.0 Å². The number of aromatic nitrogens is 2. The smallest absolute Gasteiger partial charge is 0.317 e. The predicted octanol–water partition coefficient (Wildman–Crippen LogP) is 5.66. The number of para-hydroxylation sites is 2. The van der Waals surface area contributed by atoms with Crippen molar-refractivity contribution in [2.24, 2.45) is 0 Å². The van der Waals surface area contributed by atoms with Gasteiger partial charge < -0.3 is 15.2 Å². The van der Waals surface area contributed by atoms with Gasteiger partial charge in [0.25, 0.3) is 0 Å². The monoisotopic (exact) mass is 434 g/mol. The van der Waals surface area contributed by atoms with Gasteiger partial charge >= 0.3 is 6.03 Å². The standard InChI is InChI=1S/C21H21Cl2FN4O/c1-12(14-10-17(24)16(23)11-15(14)22)25-21(29)28-8-6-13(7-9-28)20-26-18-4-2-3-5-19(18)27-20/h2-5,10-13H,6-9H2,1H3,(H,25,29)(H,26,27). The Morgan fingerprint density at radius 2 is 1.97 bits per heavy atom. The summed E-state index contributed by atoms with van der Waals surface area (Å²) in [7, 11) is 0. The fourth-order valence-corrected chi connectivity index (χ4v) is 4.29. The van der Waals surface area contributed by atoms with Crippen LogP contribution in [0.1, 0.15) is 43.1 Å². The molecule has 0 radical (unpaired) electrons. The minimum Gasteiger partial charge on any atom is -0.342 e. The number of halogens is 3. The summed E-state index contributed by atoms with van der Waals surface area (Å²) in [5, 5.41) is 3.19. The molecule has 4 rings (SSSR count). The highest BCUT2D eigenvalue weighted by atomic mass is 35.5. The van der Waals surface area contributed by atoms with E-state index in [1.807, 2.05) is 24.3 Å². The number of likely N-dealkylation sites (tertiary alicyclic amines) is 1. The van der Waals surface area contributed by atoms with Gasteiger partial charge in [0.15, 0.2) is 0 Å². The number of fused-ring (bicyclic) bond motifs is 1. The number of hydrogen-bond donors (Lipinski definition) is 2. The van der Waals surface area contributed by atoms with E-state index in [1.54, 1.807) is 11.8 Å². The number of imidazole rings is 1. The van der Waals surface area contributed by atoms with Gasteiger partial charge in [0.05, 0.1) is 22.1 Å². The maximum Gasteiger partial charge on any atom is 0.317 e. The number of H-pyrrole nitrogens is 1. The zero-order valence-electron chi connectivity index (χ0n) is 15.9. The second kappa shape index (κ2) is 8.20. The quantitative estimate of drug-likeness (QED) is 0.522. The van der Waals surface area contributed by atoms with Crippen molar-refractivity contribution >= 4 is 40.3 Å². The second-order valence-electron chi connectivity index (χ2n) is 7.36. The van der Waals surface area contributed by atoms with Crippen LogP contribution in [0, 0.1) is 5.82 Å². The Morgan fingerprint density at radius 3 is 2.69 bits per heavy atom. The molecule has 2 heterocycles. The lowest BCUT2D eigenvalue weighted by Crippen LogP contribution is -2.45. The maximum absolute atomic E-state index is 13.8. The molecule has 1 aromatic heterocycles. The normalized spacial score (nSPS) is 16.2. The largest absolute Gasteiger partial charge is 0.342 e. The first-order chi connectivity index (χ1) is 13.9. The van der Waals surface area contributed by atoms with E-state index in [1.165, 1.54) is 12.1 Å². The number of carbonyl (C=O) groups excluding carboxylic acids is 1. The van der Waals surface area contributed by atoms with Crippen molar-refractivity contribution in [2.75, 3.05) is 13.1 Å². The molecule has 29 heavy (non-hydrogen) atoms. The van der Waals surface area contributed by atoms with E-state index in [9.17, 15) is 9.18 Å². The fraction of sp³-hybridized carbons (Fsp3) is 0.333. The molecule has 152 valence electrons. The molecule has 8 heteroatoms. The lowest BCUT2D eigenvalue weighted by atomic mass is 9.96. The Bertz CT molecular complexity index is 1010. The predicted molar refractivity (Wildman–Crippen MR) is 113 cm³/mol. The van der Waals surface area contributed by atoms with E-state index < -0.39 is 11.9 Å². The van der Waals surface area contributed by atoms with Gasteiger partial charge in [0, 0.05) is 24.0 Å². The first kappa shape index (κ1) is 20.0. The first-order valence-corrected chi connectivity index (χ1v) is 10.3. The average Bonchev–Trinajstić information content (AvgIpc) is 3.15. The molecule has 2 aromatic carbocycles. The lowest BCUT2D eigenvalue weighted by Gasteiger charge is -2.32. The highest BCUT2D eigenvalue weighted by Crippen LogP contribution is 2.30. The molecule has 5 nitrogen and oxygen atoms in total. The van der Waals surface area contributed by atoms with Crippen molar-refractivity contribution in [3.05, 3.63) is 63.6 Å². The van der Waals surface area contributed by atoms with Crippen LogP contribution < -0.4 is 5.32 Å². The van der Waals surface area contributed by atoms with Gasteiger partial charge in [-0.2, -0.15) is 0 Å². The number of benzene rings is 2. The number of nitrogens with zero attached hydrogens (tertiary/aromatic N) is 2. The molecule has 1 fully saturated rings. The summed E-state index contributed by atoms with van der Waals surface area (Å²) < 4.78 is 13.8. The fourth-order valence-electron chi connectivity index (χ4n) is 3.75. The van der Waals surface area contributed by atoms with Gasteiger partial charge in [-0.25, -0.2) is 14.2 Å². The maximum atomic E-state index is 13.8. The average molecular weight is 435 g/mol. The van der Waals surface area contributed by atoms with Crippen LogP contribution in [0.5, 0.6) is 0 Å². The number of hydrogen-bond acceptors (Lipinski definition) is 2. The van der Waals surface area contributed by atoms with Gasteiger partial charge in [-0.15, -0.1) is 0 Å². The summed E-state index contributed by atoms with van der Waals surface area (Å²) in [6, 6.07) is 9.96. The molecule has 0 spiro atoms. The molecule has 3 aromatic rings. The highest BCUT2D eigenvalue weighted by Gasteiger charge is 2.27. The van der Waals surface area contributed by atoms with Crippen LogP contribution in [-0.2, 0) is 0 Å². The molecule has 2 amide bonds. The number of rotatable bonds is 3. The number of nitrogens with one attached hydrogen (secondary N) is 2. The number of aromatic amines is 1.